The Morgan fingerprint density at radius 3 is 2.56 bits per heavy atom. The highest BCUT2D eigenvalue weighted by Crippen LogP contribution is 2.46. The van der Waals surface area contributed by atoms with Gasteiger partial charge >= 0.3 is 0 Å². The maximum atomic E-state index is 13.4. The number of aromatic nitrogens is 1. The van der Waals surface area contributed by atoms with Crippen molar-refractivity contribution in [1.82, 2.24) is 0 Å². The summed E-state index contributed by atoms with van der Waals surface area (Å²) < 4.78 is 52.2. The fraction of sp³-hybridized carbons (Fsp3) is 0.227. The van der Waals surface area contributed by atoms with E-state index in [4.69, 9.17) is 4.74 Å². The quantitative estimate of drug-likeness (QED) is 0.320. The van der Waals surface area contributed by atoms with Gasteiger partial charge in [-0.25, -0.2) is 12.8 Å². The molecule has 4 rings (SSSR count). The van der Waals surface area contributed by atoms with Gasteiger partial charge < -0.3 is 14.2 Å². The number of anilines is 1. The third-order valence-electron chi connectivity index (χ3n) is 4.80. The van der Waals surface area contributed by atoms with E-state index in [0.717, 1.165) is 34.5 Å². The lowest BCUT2D eigenvalue weighted by Gasteiger charge is -2.13. The molecule has 0 bridgehead atoms. The molecule has 0 amide bonds. The van der Waals surface area contributed by atoms with Crippen molar-refractivity contribution in [3.63, 3.8) is 0 Å². The molecular formula is C22H23FN2O5S2. The first-order valence-corrected chi connectivity index (χ1v) is 11.8. The highest BCUT2D eigenvalue weighted by molar-refractivity contribution is 8.03. The number of fused-ring (bicyclic) bond motifs is 2. The van der Waals surface area contributed by atoms with E-state index in [1.54, 1.807) is 17.8 Å². The predicted molar refractivity (Wildman–Crippen MR) is 122 cm³/mol. The van der Waals surface area contributed by atoms with E-state index in [0.29, 0.717) is 6.61 Å². The van der Waals surface area contributed by atoms with Crippen molar-refractivity contribution in [3.05, 3.63) is 65.1 Å². The molecule has 0 aliphatic carbocycles. The Labute approximate surface area is 191 Å². The SMILES string of the molecule is CCOc1ccc2c(c1)S/C(=C\c1ccc3cc(F)ccc3[n+]1C)N2C.COS(=O)(=O)[O-]. The smallest absolute Gasteiger partial charge is 0.217 e. The third-order valence-corrected chi connectivity index (χ3v) is 6.35. The Morgan fingerprint density at radius 2 is 1.91 bits per heavy atom. The Kier molecular flexibility index (Phi) is 7.40. The van der Waals surface area contributed by atoms with Crippen molar-refractivity contribution in [2.45, 2.75) is 11.8 Å². The van der Waals surface area contributed by atoms with Crippen molar-refractivity contribution in [1.29, 1.82) is 0 Å². The molecule has 10 heteroatoms. The number of thioether (sulfide) groups is 1. The van der Waals surface area contributed by atoms with Crippen LogP contribution in [-0.4, -0.2) is 33.7 Å². The van der Waals surface area contributed by atoms with Gasteiger partial charge in [0.05, 0.1) is 24.4 Å². The fourth-order valence-corrected chi connectivity index (χ4v) is 4.32. The summed E-state index contributed by atoms with van der Waals surface area (Å²) in [6.07, 6.45) is 2.16. The summed E-state index contributed by atoms with van der Waals surface area (Å²) in [5, 5.41) is 2.04. The van der Waals surface area contributed by atoms with Gasteiger partial charge in [-0.15, -0.1) is 0 Å². The molecule has 0 radical (unpaired) electrons. The number of aryl methyl sites for hydroxylation is 1. The number of hydrogen-bond acceptors (Lipinski definition) is 7. The van der Waals surface area contributed by atoms with Crippen LogP contribution < -0.4 is 14.2 Å². The first-order valence-electron chi connectivity index (χ1n) is 9.63. The van der Waals surface area contributed by atoms with Crippen molar-refractivity contribution < 1.29 is 30.8 Å². The molecule has 0 N–H and O–H groups in total. The second-order valence-corrected chi connectivity index (χ2v) is 9.01. The van der Waals surface area contributed by atoms with Crippen LogP contribution in [0.25, 0.3) is 17.0 Å². The van der Waals surface area contributed by atoms with Gasteiger partial charge in [-0.2, -0.15) is 4.57 Å². The van der Waals surface area contributed by atoms with Crippen LogP contribution in [0, 0.1) is 5.82 Å². The lowest BCUT2D eigenvalue weighted by atomic mass is 10.2. The highest BCUT2D eigenvalue weighted by atomic mass is 32.3. The minimum absolute atomic E-state index is 0.213. The van der Waals surface area contributed by atoms with E-state index in [-0.39, 0.29) is 5.82 Å². The number of rotatable bonds is 4. The summed E-state index contributed by atoms with van der Waals surface area (Å²) in [6.45, 7) is 2.65. The Morgan fingerprint density at radius 1 is 1.19 bits per heavy atom. The van der Waals surface area contributed by atoms with Crippen LogP contribution in [0.2, 0.25) is 0 Å². The summed E-state index contributed by atoms with van der Waals surface area (Å²) in [7, 11) is 0.473. The summed E-state index contributed by atoms with van der Waals surface area (Å²) in [4.78, 5) is 3.38. The van der Waals surface area contributed by atoms with Crippen molar-refractivity contribution in [3.8, 4) is 5.75 Å². The average Bonchev–Trinajstić information content (AvgIpc) is 3.05. The van der Waals surface area contributed by atoms with Crippen molar-refractivity contribution in [2.75, 3.05) is 25.7 Å². The summed E-state index contributed by atoms with van der Waals surface area (Å²) >= 11 is 1.73. The van der Waals surface area contributed by atoms with Crippen LogP contribution in [-0.2, 0) is 21.6 Å². The van der Waals surface area contributed by atoms with Crippen LogP contribution in [0.3, 0.4) is 0 Å². The van der Waals surface area contributed by atoms with Crippen LogP contribution in [0.15, 0.2) is 58.5 Å². The van der Waals surface area contributed by atoms with Crippen molar-refractivity contribution >= 4 is 44.8 Å². The van der Waals surface area contributed by atoms with Gasteiger partial charge in [0.2, 0.25) is 21.6 Å². The largest absolute Gasteiger partial charge is 0.726 e. The maximum Gasteiger partial charge on any atom is 0.217 e. The molecule has 2 heterocycles. The number of benzene rings is 2. The molecule has 0 saturated heterocycles. The first-order chi connectivity index (χ1) is 15.1. The maximum absolute atomic E-state index is 13.4. The van der Waals surface area contributed by atoms with E-state index in [2.05, 4.69) is 38.9 Å². The fourth-order valence-electron chi connectivity index (χ4n) is 3.20. The van der Waals surface area contributed by atoms with Gasteiger partial charge in [0.1, 0.15) is 18.6 Å². The normalized spacial score (nSPS) is 14.3. The van der Waals surface area contributed by atoms with Crippen LogP contribution in [0.4, 0.5) is 10.1 Å². The number of pyridine rings is 1. The highest BCUT2D eigenvalue weighted by Gasteiger charge is 2.24. The third kappa shape index (κ3) is 5.57. The second-order valence-electron chi connectivity index (χ2n) is 6.80. The Balaban J connectivity index is 0.000000427. The molecule has 1 aliphatic rings. The monoisotopic (exact) mass is 478 g/mol. The van der Waals surface area contributed by atoms with Gasteiger partial charge in [-0.3, -0.25) is 4.18 Å². The molecular weight excluding hydrogens is 455 g/mol. The van der Waals surface area contributed by atoms with Crippen LogP contribution >= 0.6 is 11.8 Å². The van der Waals surface area contributed by atoms with Gasteiger partial charge in [-0.05, 0) is 43.3 Å². The van der Waals surface area contributed by atoms with Gasteiger partial charge in [0.15, 0.2) is 0 Å². The predicted octanol–water partition coefficient (Wildman–Crippen LogP) is 3.84. The standard InChI is InChI=1S/C21H20FN2OS.CH4O4S/c1-4-25-17-8-10-19-20(13-17)26-21(24(19)3)12-16-7-5-14-11-15(22)6-9-18(14)23(16)2;1-5-6(2,3)4/h5-13H,4H2,1-3H3;1H3,(H,2,3,4)/q+1;/p-1. The number of halogens is 1. The zero-order valence-corrected chi connectivity index (χ0v) is 19.7. The number of ether oxygens (including phenoxy) is 1. The molecule has 32 heavy (non-hydrogen) atoms. The van der Waals surface area contributed by atoms with Gasteiger partial charge in [0.25, 0.3) is 0 Å². The zero-order chi connectivity index (χ0) is 23.5. The van der Waals surface area contributed by atoms with Gasteiger partial charge in [0, 0.05) is 35.5 Å². The zero-order valence-electron chi connectivity index (χ0n) is 18.0. The van der Waals surface area contributed by atoms with E-state index >= 15 is 0 Å². The lowest BCUT2D eigenvalue weighted by Crippen LogP contribution is -2.33. The summed E-state index contributed by atoms with van der Waals surface area (Å²) in [5.74, 6) is 0.682. The molecule has 1 aliphatic heterocycles. The first kappa shape index (κ1) is 24.0. The Bertz CT molecular complexity index is 1280. The van der Waals surface area contributed by atoms with E-state index in [1.807, 2.05) is 38.2 Å². The number of hydrogen-bond donors (Lipinski definition) is 0. The minimum atomic E-state index is -4.41. The molecule has 170 valence electrons. The molecule has 1 aromatic heterocycles. The summed E-state index contributed by atoms with van der Waals surface area (Å²) in [6, 6.07) is 15.1. The van der Waals surface area contributed by atoms with E-state index in [9.17, 15) is 17.4 Å². The molecule has 0 fully saturated rings. The topological polar surface area (TPSA) is 82.8 Å². The van der Waals surface area contributed by atoms with E-state index in [1.165, 1.54) is 16.6 Å². The molecule has 0 spiro atoms. The van der Waals surface area contributed by atoms with E-state index < -0.39 is 10.4 Å². The molecule has 3 aromatic rings. The minimum Gasteiger partial charge on any atom is -0.726 e. The Hall–Kier alpha value is -2.66. The molecule has 2 aromatic carbocycles. The van der Waals surface area contributed by atoms with Crippen molar-refractivity contribution in [2.24, 2.45) is 7.05 Å². The molecule has 7 nitrogen and oxygen atoms in total. The molecule has 0 saturated carbocycles. The molecule has 0 unspecified atom stereocenters. The summed E-state index contributed by atoms with van der Waals surface area (Å²) in [5.41, 5.74) is 3.24. The average molecular weight is 479 g/mol. The number of nitrogens with zero attached hydrogens (tertiary/aromatic N) is 2. The van der Waals surface area contributed by atoms with Gasteiger partial charge in [-0.1, -0.05) is 11.8 Å². The molecule has 0 atom stereocenters. The van der Waals surface area contributed by atoms with Crippen LogP contribution in [0.1, 0.15) is 12.6 Å². The van der Waals surface area contributed by atoms with Crippen LogP contribution in [0.5, 0.6) is 5.75 Å². The second kappa shape index (κ2) is 9.86. The lowest BCUT2D eigenvalue weighted by molar-refractivity contribution is -0.646.